The van der Waals surface area contributed by atoms with E-state index in [4.69, 9.17) is 16.3 Å². The minimum Gasteiger partial charge on any atom is -0.494 e. The van der Waals surface area contributed by atoms with Gasteiger partial charge in [-0.3, -0.25) is 10.2 Å². The van der Waals surface area contributed by atoms with Crippen LogP contribution in [0.4, 0.5) is 5.95 Å². The van der Waals surface area contributed by atoms with Crippen molar-refractivity contribution in [1.29, 1.82) is 0 Å². The molecule has 0 fully saturated rings. The van der Waals surface area contributed by atoms with Gasteiger partial charge in [0.25, 0.3) is 0 Å². The Morgan fingerprint density at radius 1 is 1.21 bits per heavy atom. The van der Waals surface area contributed by atoms with E-state index in [2.05, 4.69) is 30.5 Å². The van der Waals surface area contributed by atoms with E-state index >= 15 is 0 Å². The summed E-state index contributed by atoms with van der Waals surface area (Å²) in [5, 5.41) is 8.20. The highest BCUT2D eigenvalue weighted by Crippen LogP contribution is 2.23. The zero-order valence-corrected chi connectivity index (χ0v) is 17.2. The first kappa shape index (κ1) is 19.4. The molecule has 7 nitrogen and oxygen atoms in total. The van der Waals surface area contributed by atoms with Crippen LogP contribution in [0.3, 0.4) is 0 Å². The third-order valence-electron chi connectivity index (χ3n) is 4.65. The van der Waals surface area contributed by atoms with Crippen molar-refractivity contribution >= 4 is 34.4 Å². The summed E-state index contributed by atoms with van der Waals surface area (Å²) in [6.07, 6.45) is 0. The molecule has 0 amide bonds. The van der Waals surface area contributed by atoms with Crippen LogP contribution in [0.1, 0.15) is 18.2 Å². The van der Waals surface area contributed by atoms with E-state index < -0.39 is 0 Å². The SMILES string of the molecule is CCOc1ccc2nc(NC3=NCN(Cc4ccccc4Cl)CN3)nc(C)c2c1. The van der Waals surface area contributed by atoms with E-state index in [9.17, 15) is 0 Å². The molecule has 2 N–H and O–H groups in total. The van der Waals surface area contributed by atoms with Crippen LogP contribution in [0.25, 0.3) is 10.9 Å². The summed E-state index contributed by atoms with van der Waals surface area (Å²) in [5.41, 5.74) is 2.83. The molecule has 0 atom stereocenters. The average molecular weight is 411 g/mol. The second kappa shape index (κ2) is 8.63. The average Bonchev–Trinajstić information content (AvgIpc) is 2.72. The van der Waals surface area contributed by atoms with Crippen LogP contribution >= 0.6 is 11.6 Å². The molecule has 1 aromatic heterocycles. The number of aliphatic imine (C=N–C) groups is 1. The van der Waals surface area contributed by atoms with Crippen molar-refractivity contribution < 1.29 is 4.74 Å². The molecule has 2 heterocycles. The number of anilines is 1. The van der Waals surface area contributed by atoms with E-state index in [0.29, 0.717) is 31.9 Å². The molecular formula is C21H23ClN6O. The second-order valence-electron chi connectivity index (χ2n) is 6.77. The molecule has 0 saturated heterocycles. The zero-order chi connectivity index (χ0) is 20.2. The molecule has 0 aliphatic carbocycles. The van der Waals surface area contributed by atoms with Gasteiger partial charge in [0.05, 0.1) is 31.2 Å². The number of aryl methyl sites for hydroxylation is 1. The third-order valence-corrected chi connectivity index (χ3v) is 5.02. The standard InChI is InChI=1S/C21H23ClN6O/c1-3-29-16-8-9-19-17(10-16)14(2)25-21(26-19)27-20-23-12-28(13-24-20)11-15-6-4-5-7-18(15)22/h4-10H,3,11-13H2,1-2H3,(H2,23,24,25,26,27). The van der Waals surface area contributed by atoms with Crippen LogP contribution in [0.2, 0.25) is 5.02 Å². The molecule has 0 bridgehead atoms. The molecule has 1 aliphatic heterocycles. The predicted octanol–water partition coefficient (Wildman–Crippen LogP) is 3.78. The van der Waals surface area contributed by atoms with Gasteiger partial charge in [-0.1, -0.05) is 29.8 Å². The molecular weight excluding hydrogens is 388 g/mol. The van der Waals surface area contributed by atoms with Crippen molar-refractivity contribution in [3.8, 4) is 5.75 Å². The summed E-state index contributed by atoms with van der Waals surface area (Å²) in [4.78, 5) is 15.9. The van der Waals surface area contributed by atoms with Crippen molar-refractivity contribution in [2.45, 2.75) is 20.4 Å². The molecule has 150 valence electrons. The topological polar surface area (TPSA) is 74.7 Å². The number of ether oxygens (including phenoxy) is 1. The molecule has 8 heteroatoms. The number of guanidine groups is 1. The van der Waals surface area contributed by atoms with Crippen molar-refractivity contribution in [1.82, 2.24) is 20.2 Å². The Labute approximate surface area is 174 Å². The molecule has 2 aromatic carbocycles. The largest absolute Gasteiger partial charge is 0.494 e. The number of halogens is 1. The van der Waals surface area contributed by atoms with Gasteiger partial charge in [-0.25, -0.2) is 15.0 Å². The maximum Gasteiger partial charge on any atom is 0.230 e. The Bertz CT molecular complexity index is 1050. The van der Waals surface area contributed by atoms with E-state index in [-0.39, 0.29) is 0 Å². The van der Waals surface area contributed by atoms with Gasteiger partial charge in [0.15, 0.2) is 0 Å². The Hall–Kier alpha value is -2.90. The van der Waals surface area contributed by atoms with Gasteiger partial charge in [-0.15, -0.1) is 0 Å². The minimum atomic E-state index is 0.518. The summed E-state index contributed by atoms with van der Waals surface area (Å²) in [6, 6.07) is 13.7. The number of hydrogen-bond acceptors (Lipinski definition) is 7. The Morgan fingerprint density at radius 3 is 2.83 bits per heavy atom. The van der Waals surface area contributed by atoms with Crippen molar-refractivity contribution in [2.75, 3.05) is 25.3 Å². The zero-order valence-electron chi connectivity index (χ0n) is 16.4. The second-order valence-corrected chi connectivity index (χ2v) is 7.18. The van der Waals surface area contributed by atoms with Crippen LogP contribution in [-0.2, 0) is 6.54 Å². The molecule has 0 spiro atoms. The molecule has 3 aromatic rings. The van der Waals surface area contributed by atoms with Crippen LogP contribution in [0, 0.1) is 6.92 Å². The summed E-state index contributed by atoms with van der Waals surface area (Å²) < 4.78 is 5.57. The van der Waals surface area contributed by atoms with Gasteiger partial charge < -0.3 is 10.1 Å². The van der Waals surface area contributed by atoms with Crippen LogP contribution < -0.4 is 15.4 Å². The first-order valence-corrected chi connectivity index (χ1v) is 9.92. The van der Waals surface area contributed by atoms with Gasteiger partial charge in [0, 0.05) is 17.0 Å². The van der Waals surface area contributed by atoms with Gasteiger partial charge in [-0.05, 0) is 43.7 Å². The van der Waals surface area contributed by atoms with E-state index in [1.165, 1.54) is 0 Å². The maximum atomic E-state index is 6.25. The molecule has 0 saturated carbocycles. The Kier molecular flexibility index (Phi) is 5.78. The van der Waals surface area contributed by atoms with Crippen LogP contribution in [0.5, 0.6) is 5.75 Å². The van der Waals surface area contributed by atoms with Crippen molar-refractivity contribution in [2.24, 2.45) is 4.99 Å². The molecule has 4 rings (SSSR count). The number of hydrogen-bond donors (Lipinski definition) is 2. The lowest BCUT2D eigenvalue weighted by atomic mass is 10.2. The number of benzene rings is 2. The van der Waals surface area contributed by atoms with Crippen molar-refractivity contribution in [3.63, 3.8) is 0 Å². The Morgan fingerprint density at radius 2 is 2.07 bits per heavy atom. The van der Waals surface area contributed by atoms with E-state index in [1.54, 1.807) is 0 Å². The van der Waals surface area contributed by atoms with Crippen molar-refractivity contribution in [3.05, 3.63) is 58.7 Å². The third kappa shape index (κ3) is 4.58. The van der Waals surface area contributed by atoms with E-state index in [0.717, 1.165) is 39.5 Å². The quantitative estimate of drug-likeness (QED) is 0.666. The highest BCUT2D eigenvalue weighted by Gasteiger charge is 2.15. The van der Waals surface area contributed by atoms with Gasteiger partial charge >= 0.3 is 0 Å². The highest BCUT2D eigenvalue weighted by molar-refractivity contribution is 6.31. The lowest BCUT2D eigenvalue weighted by molar-refractivity contribution is 0.257. The van der Waals surface area contributed by atoms with E-state index in [1.807, 2.05) is 56.3 Å². The number of aromatic nitrogens is 2. The maximum absolute atomic E-state index is 6.25. The fourth-order valence-electron chi connectivity index (χ4n) is 3.20. The molecule has 1 aliphatic rings. The first-order chi connectivity index (χ1) is 14.1. The number of nitrogens with one attached hydrogen (secondary N) is 2. The molecule has 0 radical (unpaired) electrons. The fraction of sp³-hybridized carbons (Fsp3) is 0.286. The fourth-order valence-corrected chi connectivity index (χ4v) is 3.39. The summed E-state index contributed by atoms with van der Waals surface area (Å²) in [6.45, 7) is 6.51. The summed E-state index contributed by atoms with van der Waals surface area (Å²) >= 11 is 6.25. The predicted molar refractivity (Wildman–Crippen MR) is 116 cm³/mol. The number of fused-ring (bicyclic) bond motifs is 1. The monoisotopic (exact) mass is 410 g/mol. The Balaban J connectivity index is 1.44. The smallest absolute Gasteiger partial charge is 0.230 e. The normalized spacial score (nSPS) is 14.4. The summed E-state index contributed by atoms with van der Waals surface area (Å²) in [7, 11) is 0. The van der Waals surface area contributed by atoms with Crippen LogP contribution in [-0.4, -0.2) is 40.8 Å². The first-order valence-electron chi connectivity index (χ1n) is 9.54. The molecule has 0 unspecified atom stereocenters. The van der Waals surface area contributed by atoms with Gasteiger partial charge in [-0.2, -0.15) is 0 Å². The molecule has 29 heavy (non-hydrogen) atoms. The minimum absolute atomic E-state index is 0.518. The lowest BCUT2D eigenvalue weighted by Gasteiger charge is -2.27. The van der Waals surface area contributed by atoms with Gasteiger partial charge in [0.2, 0.25) is 11.9 Å². The number of rotatable bonds is 5. The summed E-state index contributed by atoms with van der Waals surface area (Å²) in [5.74, 6) is 2.00. The van der Waals surface area contributed by atoms with Crippen LogP contribution in [0.15, 0.2) is 47.5 Å². The van der Waals surface area contributed by atoms with Gasteiger partial charge in [0.1, 0.15) is 5.75 Å². The lowest BCUT2D eigenvalue weighted by Crippen LogP contribution is -2.45. The highest BCUT2D eigenvalue weighted by atomic mass is 35.5. The number of nitrogens with zero attached hydrogens (tertiary/aromatic N) is 4.